The molecule has 1 aliphatic heterocycles. The largest absolute Gasteiger partial charge is 0.254 e. The van der Waals surface area contributed by atoms with Gasteiger partial charge in [-0.15, -0.1) is 10.2 Å². The average molecular weight is 356 g/mol. The molecule has 0 atom stereocenters. The number of hydrogen-bond acceptors (Lipinski definition) is 5. The highest BCUT2D eigenvalue weighted by molar-refractivity contribution is 7.98. The molecular formula is C17H14ClN5S. The van der Waals surface area contributed by atoms with Crippen molar-refractivity contribution in [3.05, 3.63) is 64.7 Å². The third-order valence-electron chi connectivity index (χ3n) is 3.84. The third kappa shape index (κ3) is 2.39. The van der Waals surface area contributed by atoms with Crippen LogP contribution < -0.4 is 5.01 Å². The van der Waals surface area contributed by atoms with Gasteiger partial charge in [-0.1, -0.05) is 53.7 Å². The summed E-state index contributed by atoms with van der Waals surface area (Å²) in [5.74, 6) is 0.675. The van der Waals surface area contributed by atoms with Gasteiger partial charge in [0.25, 0.3) is 5.95 Å². The van der Waals surface area contributed by atoms with Crippen molar-refractivity contribution in [2.75, 3.05) is 18.3 Å². The zero-order chi connectivity index (χ0) is 16.7. The molecule has 7 heteroatoms. The zero-order valence-electron chi connectivity index (χ0n) is 13.1. The van der Waals surface area contributed by atoms with Crippen LogP contribution in [0.15, 0.2) is 58.8 Å². The van der Waals surface area contributed by atoms with Crippen molar-refractivity contribution in [2.24, 2.45) is 5.10 Å². The monoisotopic (exact) mass is 355 g/mol. The Labute approximate surface area is 149 Å². The van der Waals surface area contributed by atoms with E-state index >= 15 is 0 Å². The van der Waals surface area contributed by atoms with Gasteiger partial charge in [0.1, 0.15) is 5.71 Å². The van der Waals surface area contributed by atoms with Crippen molar-refractivity contribution in [2.45, 2.75) is 5.16 Å². The lowest BCUT2D eigenvalue weighted by molar-refractivity contribution is 0.865. The van der Waals surface area contributed by atoms with E-state index in [0.717, 1.165) is 27.7 Å². The summed E-state index contributed by atoms with van der Waals surface area (Å²) in [7, 11) is 1.88. The number of hydrogen-bond donors (Lipinski definition) is 0. The molecule has 0 spiro atoms. The highest BCUT2D eigenvalue weighted by atomic mass is 35.5. The Morgan fingerprint density at radius 1 is 1.04 bits per heavy atom. The number of hydrazone groups is 1. The summed E-state index contributed by atoms with van der Waals surface area (Å²) in [4.78, 5) is 0. The molecule has 0 bridgehead atoms. The van der Waals surface area contributed by atoms with Crippen LogP contribution in [0.1, 0.15) is 11.1 Å². The molecule has 2 aromatic carbocycles. The van der Waals surface area contributed by atoms with E-state index in [0.29, 0.717) is 11.0 Å². The molecule has 24 heavy (non-hydrogen) atoms. The van der Waals surface area contributed by atoms with Crippen molar-refractivity contribution in [1.29, 1.82) is 0 Å². The number of fused-ring (bicyclic) bond motifs is 3. The van der Waals surface area contributed by atoms with Gasteiger partial charge in [-0.2, -0.15) is 5.10 Å². The third-order valence-corrected chi connectivity index (χ3v) is 4.70. The molecule has 0 saturated carbocycles. The number of benzene rings is 2. The number of nitrogens with zero attached hydrogens (tertiary/aromatic N) is 5. The van der Waals surface area contributed by atoms with E-state index in [1.165, 1.54) is 0 Å². The SMILES string of the molecule is CSc1nnc2n1-c1ccc(Cl)cc1C(c1ccccc1)=NN2C. The van der Waals surface area contributed by atoms with Crippen molar-refractivity contribution < 1.29 is 0 Å². The van der Waals surface area contributed by atoms with E-state index < -0.39 is 0 Å². The van der Waals surface area contributed by atoms with Crippen LogP contribution in [0.4, 0.5) is 5.95 Å². The summed E-state index contributed by atoms with van der Waals surface area (Å²) in [6.45, 7) is 0. The van der Waals surface area contributed by atoms with Gasteiger partial charge in [0.15, 0.2) is 5.16 Å². The van der Waals surface area contributed by atoms with Gasteiger partial charge in [0.05, 0.1) is 5.69 Å². The second-order valence-electron chi connectivity index (χ2n) is 5.32. The molecule has 0 radical (unpaired) electrons. The molecule has 120 valence electrons. The van der Waals surface area contributed by atoms with E-state index in [2.05, 4.69) is 10.2 Å². The van der Waals surface area contributed by atoms with E-state index in [9.17, 15) is 0 Å². The van der Waals surface area contributed by atoms with Gasteiger partial charge >= 0.3 is 0 Å². The van der Waals surface area contributed by atoms with Gasteiger partial charge in [-0.3, -0.25) is 4.57 Å². The summed E-state index contributed by atoms with van der Waals surface area (Å²) in [6, 6.07) is 15.9. The van der Waals surface area contributed by atoms with Crippen LogP contribution in [-0.4, -0.2) is 33.8 Å². The zero-order valence-corrected chi connectivity index (χ0v) is 14.7. The standard InChI is InChI=1S/C17H14ClN5S/c1-22-16-19-20-17(24-2)23(16)14-9-8-12(18)10-13(14)15(21-22)11-6-4-3-5-7-11/h3-10H,1-2H3. The number of anilines is 1. The lowest BCUT2D eigenvalue weighted by Gasteiger charge is -2.12. The van der Waals surface area contributed by atoms with Gasteiger partial charge in [0.2, 0.25) is 0 Å². The first-order valence-corrected chi connectivity index (χ1v) is 8.97. The molecule has 1 aromatic heterocycles. The van der Waals surface area contributed by atoms with Crippen LogP contribution >= 0.6 is 23.4 Å². The Hall–Kier alpha value is -2.31. The molecule has 2 heterocycles. The Bertz CT molecular complexity index is 935. The predicted molar refractivity (Wildman–Crippen MR) is 98.6 cm³/mol. The average Bonchev–Trinajstić information content (AvgIpc) is 2.99. The molecule has 0 unspecified atom stereocenters. The first kappa shape index (κ1) is 15.2. The molecule has 1 aliphatic rings. The number of thioether (sulfide) groups is 1. The van der Waals surface area contributed by atoms with Crippen molar-refractivity contribution >= 4 is 35.0 Å². The smallest absolute Gasteiger partial charge is 0.252 e. The predicted octanol–water partition coefficient (Wildman–Crippen LogP) is 3.84. The minimum atomic E-state index is 0.669. The molecule has 0 amide bonds. The minimum Gasteiger partial charge on any atom is -0.254 e. The second kappa shape index (κ2) is 5.96. The molecular weight excluding hydrogens is 342 g/mol. The molecule has 0 saturated heterocycles. The number of rotatable bonds is 2. The van der Waals surface area contributed by atoms with Crippen LogP contribution in [-0.2, 0) is 0 Å². The molecule has 0 N–H and O–H groups in total. The van der Waals surface area contributed by atoms with Crippen LogP contribution in [0.3, 0.4) is 0 Å². The maximum absolute atomic E-state index is 6.28. The maximum Gasteiger partial charge on any atom is 0.252 e. The van der Waals surface area contributed by atoms with E-state index in [-0.39, 0.29) is 0 Å². The number of halogens is 1. The van der Waals surface area contributed by atoms with Crippen molar-refractivity contribution in [3.8, 4) is 5.69 Å². The first-order valence-electron chi connectivity index (χ1n) is 7.36. The van der Waals surface area contributed by atoms with Crippen LogP contribution in [0.5, 0.6) is 0 Å². The molecule has 0 fully saturated rings. The van der Waals surface area contributed by atoms with Crippen molar-refractivity contribution in [1.82, 2.24) is 14.8 Å². The number of aromatic nitrogens is 3. The quantitative estimate of drug-likeness (QED) is 0.655. The summed E-state index contributed by atoms with van der Waals surface area (Å²) >= 11 is 7.82. The lowest BCUT2D eigenvalue weighted by Crippen LogP contribution is -2.14. The fourth-order valence-corrected chi connectivity index (χ4v) is 3.42. The van der Waals surface area contributed by atoms with Gasteiger partial charge < -0.3 is 0 Å². The van der Waals surface area contributed by atoms with Gasteiger partial charge in [0, 0.05) is 23.2 Å². The second-order valence-corrected chi connectivity index (χ2v) is 6.53. The fourth-order valence-electron chi connectivity index (χ4n) is 2.77. The summed E-state index contributed by atoms with van der Waals surface area (Å²) < 4.78 is 2.01. The van der Waals surface area contributed by atoms with Gasteiger partial charge in [-0.25, -0.2) is 5.01 Å². The van der Waals surface area contributed by atoms with Crippen LogP contribution in [0.25, 0.3) is 5.69 Å². The maximum atomic E-state index is 6.28. The molecule has 4 rings (SSSR count). The van der Waals surface area contributed by atoms with Crippen LogP contribution in [0.2, 0.25) is 5.02 Å². The van der Waals surface area contributed by atoms with E-state index in [4.69, 9.17) is 16.7 Å². The first-order chi connectivity index (χ1) is 11.7. The lowest BCUT2D eigenvalue weighted by atomic mass is 10.0. The fraction of sp³-hybridized carbons (Fsp3) is 0.118. The molecule has 3 aromatic rings. The highest BCUT2D eigenvalue weighted by Crippen LogP contribution is 2.32. The normalized spacial score (nSPS) is 13.1. The minimum absolute atomic E-state index is 0.669. The van der Waals surface area contributed by atoms with Crippen molar-refractivity contribution in [3.63, 3.8) is 0 Å². The Balaban J connectivity index is 2.04. The molecule has 0 aliphatic carbocycles. The van der Waals surface area contributed by atoms with Gasteiger partial charge in [-0.05, 0) is 24.5 Å². The Morgan fingerprint density at radius 2 is 1.83 bits per heavy atom. The highest BCUT2D eigenvalue weighted by Gasteiger charge is 2.25. The van der Waals surface area contributed by atoms with E-state index in [1.807, 2.05) is 66.4 Å². The summed E-state index contributed by atoms with van der Waals surface area (Å²) in [5, 5.41) is 16.6. The van der Waals surface area contributed by atoms with Crippen LogP contribution in [0, 0.1) is 0 Å². The van der Waals surface area contributed by atoms with E-state index in [1.54, 1.807) is 16.8 Å². The Morgan fingerprint density at radius 3 is 2.58 bits per heavy atom. The Kier molecular flexibility index (Phi) is 3.78. The molecule has 5 nitrogen and oxygen atoms in total. The topological polar surface area (TPSA) is 46.3 Å². The summed E-state index contributed by atoms with van der Waals surface area (Å²) in [5.41, 5.74) is 3.80. The summed E-state index contributed by atoms with van der Waals surface area (Å²) in [6.07, 6.45) is 1.98.